The van der Waals surface area contributed by atoms with Gasteiger partial charge in [-0.1, -0.05) is 18.2 Å². The Morgan fingerprint density at radius 3 is 2.80 bits per heavy atom. The SMILES string of the molecule is CNC(=O)CCNc1cc(-c2[nH]c3c(c2Nc2ccccc2)C(=O)CCC3)ccn1. The summed E-state index contributed by atoms with van der Waals surface area (Å²) in [6.45, 7) is 0.491. The van der Waals surface area contributed by atoms with E-state index in [1.807, 2.05) is 42.5 Å². The Hall–Kier alpha value is -3.61. The van der Waals surface area contributed by atoms with Crippen molar-refractivity contribution in [2.45, 2.75) is 25.7 Å². The number of aromatic amines is 1. The minimum atomic E-state index is -0.0245. The molecule has 7 nitrogen and oxygen atoms in total. The molecule has 30 heavy (non-hydrogen) atoms. The monoisotopic (exact) mass is 403 g/mol. The van der Waals surface area contributed by atoms with Crippen LogP contribution in [0.3, 0.4) is 0 Å². The third-order valence-corrected chi connectivity index (χ3v) is 5.22. The van der Waals surface area contributed by atoms with E-state index < -0.39 is 0 Å². The Kier molecular flexibility index (Phi) is 5.79. The van der Waals surface area contributed by atoms with Gasteiger partial charge < -0.3 is 20.9 Å². The summed E-state index contributed by atoms with van der Waals surface area (Å²) in [7, 11) is 1.62. The first-order valence-electron chi connectivity index (χ1n) is 10.2. The van der Waals surface area contributed by atoms with Crippen molar-refractivity contribution in [3.8, 4) is 11.3 Å². The van der Waals surface area contributed by atoms with E-state index in [0.717, 1.165) is 46.7 Å². The van der Waals surface area contributed by atoms with Gasteiger partial charge in [-0.3, -0.25) is 9.59 Å². The summed E-state index contributed by atoms with van der Waals surface area (Å²) in [5, 5.41) is 9.24. The first-order chi connectivity index (χ1) is 14.7. The molecule has 0 aliphatic heterocycles. The van der Waals surface area contributed by atoms with Crippen LogP contribution in [0.5, 0.6) is 0 Å². The van der Waals surface area contributed by atoms with E-state index >= 15 is 0 Å². The Bertz CT molecular complexity index is 1060. The number of hydrogen-bond acceptors (Lipinski definition) is 5. The van der Waals surface area contributed by atoms with Crippen molar-refractivity contribution >= 4 is 28.9 Å². The highest BCUT2D eigenvalue weighted by molar-refractivity contribution is 6.07. The van der Waals surface area contributed by atoms with Crippen molar-refractivity contribution < 1.29 is 9.59 Å². The second kappa shape index (κ2) is 8.82. The highest BCUT2D eigenvalue weighted by Gasteiger charge is 2.27. The minimum Gasteiger partial charge on any atom is -0.370 e. The first-order valence-corrected chi connectivity index (χ1v) is 10.2. The Morgan fingerprint density at radius 2 is 2.00 bits per heavy atom. The molecule has 0 spiro atoms. The van der Waals surface area contributed by atoms with Gasteiger partial charge >= 0.3 is 0 Å². The molecule has 1 aromatic carbocycles. The van der Waals surface area contributed by atoms with Crippen LogP contribution < -0.4 is 16.0 Å². The standard InChI is InChI=1S/C23H25N5O2/c1-24-20(30)11-13-26-19-14-15(10-12-25-19)22-23(27-16-6-3-2-4-7-16)21-17(28-22)8-5-9-18(21)29/h2-4,6-7,10,12,14,27-28H,5,8-9,11,13H2,1H3,(H,24,30)(H,25,26). The topological polar surface area (TPSA) is 98.9 Å². The largest absolute Gasteiger partial charge is 0.370 e. The molecule has 0 saturated heterocycles. The van der Waals surface area contributed by atoms with Crippen LogP contribution in [-0.4, -0.2) is 35.3 Å². The van der Waals surface area contributed by atoms with Crippen molar-refractivity contribution in [2.75, 3.05) is 24.2 Å². The second-order valence-electron chi connectivity index (χ2n) is 7.28. The molecule has 0 fully saturated rings. The number of para-hydroxylation sites is 1. The van der Waals surface area contributed by atoms with Gasteiger partial charge in [0.2, 0.25) is 5.91 Å². The Morgan fingerprint density at radius 1 is 1.17 bits per heavy atom. The fraction of sp³-hybridized carbons (Fsp3) is 0.261. The molecule has 7 heteroatoms. The lowest BCUT2D eigenvalue weighted by Crippen LogP contribution is -2.20. The molecule has 0 unspecified atom stereocenters. The summed E-state index contributed by atoms with van der Waals surface area (Å²) in [6.07, 6.45) is 4.38. The molecule has 3 aromatic rings. The number of benzene rings is 1. The molecule has 2 heterocycles. The molecular formula is C23H25N5O2. The molecule has 0 saturated carbocycles. The van der Waals surface area contributed by atoms with Gasteiger partial charge in [0.1, 0.15) is 5.82 Å². The highest BCUT2D eigenvalue weighted by Crippen LogP contribution is 2.39. The number of H-pyrrole nitrogens is 1. The summed E-state index contributed by atoms with van der Waals surface area (Å²) in [5.74, 6) is 0.819. The van der Waals surface area contributed by atoms with E-state index in [4.69, 9.17) is 0 Å². The highest BCUT2D eigenvalue weighted by atomic mass is 16.1. The fourth-order valence-electron chi connectivity index (χ4n) is 3.72. The molecule has 2 aromatic heterocycles. The first kappa shape index (κ1) is 19.7. The van der Waals surface area contributed by atoms with Gasteiger partial charge in [-0.2, -0.15) is 0 Å². The van der Waals surface area contributed by atoms with Gasteiger partial charge in [0.15, 0.2) is 5.78 Å². The zero-order chi connectivity index (χ0) is 20.9. The van der Waals surface area contributed by atoms with E-state index in [0.29, 0.717) is 25.2 Å². The number of carbonyl (C=O) groups is 2. The van der Waals surface area contributed by atoms with Gasteiger partial charge in [-0.15, -0.1) is 0 Å². The number of nitrogens with one attached hydrogen (secondary N) is 4. The molecule has 0 bridgehead atoms. The second-order valence-corrected chi connectivity index (χ2v) is 7.28. The number of fused-ring (bicyclic) bond motifs is 1. The lowest BCUT2D eigenvalue weighted by atomic mass is 9.95. The number of aromatic nitrogens is 2. The number of nitrogens with zero attached hydrogens (tertiary/aromatic N) is 1. The van der Waals surface area contributed by atoms with E-state index in [-0.39, 0.29) is 11.7 Å². The quantitative estimate of drug-likeness (QED) is 0.480. The van der Waals surface area contributed by atoms with Crippen LogP contribution in [0.25, 0.3) is 11.3 Å². The third-order valence-electron chi connectivity index (χ3n) is 5.22. The average Bonchev–Trinajstić information content (AvgIpc) is 3.14. The van der Waals surface area contributed by atoms with Crippen molar-refractivity contribution in [2.24, 2.45) is 0 Å². The van der Waals surface area contributed by atoms with E-state index in [2.05, 4.69) is 25.9 Å². The average molecular weight is 403 g/mol. The van der Waals surface area contributed by atoms with Crippen molar-refractivity contribution in [3.05, 3.63) is 59.9 Å². The van der Waals surface area contributed by atoms with Crippen molar-refractivity contribution in [1.29, 1.82) is 0 Å². The molecule has 154 valence electrons. The van der Waals surface area contributed by atoms with E-state index in [1.165, 1.54) is 0 Å². The van der Waals surface area contributed by atoms with Crippen molar-refractivity contribution in [1.82, 2.24) is 15.3 Å². The van der Waals surface area contributed by atoms with Crippen LogP contribution in [0.15, 0.2) is 48.7 Å². The number of Topliss-reactive ketones (excluding diaryl/α,β-unsaturated/α-hetero) is 1. The number of carbonyl (C=O) groups excluding carboxylic acids is 2. The molecule has 0 radical (unpaired) electrons. The maximum atomic E-state index is 12.7. The summed E-state index contributed by atoms with van der Waals surface area (Å²) < 4.78 is 0. The zero-order valence-electron chi connectivity index (χ0n) is 16.9. The number of rotatable bonds is 7. The van der Waals surface area contributed by atoms with Crippen molar-refractivity contribution in [3.63, 3.8) is 0 Å². The molecule has 0 atom stereocenters. The third kappa shape index (κ3) is 4.20. The number of ketones is 1. The lowest BCUT2D eigenvalue weighted by Gasteiger charge is -2.14. The number of pyridine rings is 1. The predicted octanol–water partition coefficient (Wildman–Crippen LogP) is 3.89. The maximum Gasteiger partial charge on any atom is 0.221 e. The minimum absolute atomic E-state index is 0.0245. The van der Waals surface area contributed by atoms with Gasteiger partial charge in [-0.05, 0) is 37.1 Å². The molecule has 1 aliphatic carbocycles. The van der Waals surface area contributed by atoms with Crippen LogP contribution in [0.2, 0.25) is 0 Å². The van der Waals surface area contributed by atoms with E-state index in [1.54, 1.807) is 13.2 Å². The number of hydrogen-bond donors (Lipinski definition) is 4. The number of amides is 1. The number of anilines is 3. The zero-order valence-corrected chi connectivity index (χ0v) is 16.9. The fourth-order valence-corrected chi connectivity index (χ4v) is 3.72. The molecule has 1 aliphatic rings. The molecular weight excluding hydrogens is 378 g/mol. The summed E-state index contributed by atoms with van der Waals surface area (Å²) >= 11 is 0. The summed E-state index contributed by atoms with van der Waals surface area (Å²) in [5.41, 5.74) is 5.26. The van der Waals surface area contributed by atoms with Crippen LogP contribution >= 0.6 is 0 Å². The number of aryl methyl sites for hydroxylation is 1. The van der Waals surface area contributed by atoms with Crippen LogP contribution in [0.1, 0.15) is 35.3 Å². The van der Waals surface area contributed by atoms with Gasteiger partial charge in [0.25, 0.3) is 0 Å². The Labute approximate surface area is 175 Å². The van der Waals surface area contributed by atoms with Crippen LogP contribution in [0.4, 0.5) is 17.2 Å². The predicted molar refractivity (Wildman–Crippen MR) is 118 cm³/mol. The summed E-state index contributed by atoms with van der Waals surface area (Å²) in [6, 6.07) is 13.7. The smallest absolute Gasteiger partial charge is 0.221 e. The van der Waals surface area contributed by atoms with Gasteiger partial charge in [-0.25, -0.2) is 4.98 Å². The molecule has 4 N–H and O–H groups in total. The van der Waals surface area contributed by atoms with Gasteiger partial charge in [0, 0.05) is 49.6 Å². The van der Waals surface area contributed by atoms with Crippen LogP contribution in [0, 0.1) is 0 Å². The normalized spacial score (nSPS) is 12.9. The van der Waals surface area contributed by atoms with Crippen LogP contribution in [-0.2, 0) is 11.2 Å². The van der Waals surface area contributed by atoms with E-state index in [9.17, 15) is 9.59 Å². The molecule has 4 rings (SSSR count). The maximum absolute atomic E-state index is 12.7. The molecule has 1 amide bonds. The summed E-state index contributed by atoms with van der Waals surface area (Å²) in [4.78, 5) is 32.0. The van der Waals surface area contributed by atoms with Gasteiger partial charge in [0.05, 0.1) is 16.9 Å². The Balaban J connectivity index is 1.67. The lowest BCUT2D eigenvalue weighted by molar-refractivity contribution is -0.120.